The van der Waals surface area contributed by atoms with Crippen LogP contribution < -0.4 is 59.7 Å². The molecule has 2 heterocycles. The van der Waals surface area contributed by atoms with Gasteiger partial charge in [0, 0.05) is 19.5 Å². The molecule has 0 aromatic heterocycles. The second-order valence-corrected chi connectivity index (χ2v) is 18.5. The number of likely N-dealkylation sites (tertiary alicyclic amines) is 1. The first-order chi connectivity index (χ1) is 33.5. The topological polar surface area (TPSA) is 334 Å². The maximum absolute atomic E-state index is 14.5. The predicted octanol–water partition coefficient (Wildman–Crippen LogP) is -2.26. The van der Waals surface area contributed by atoms with E-state index in [1.165, 1.54) is 6.92 Å². The van der Waals surface area contributed by atoms with E-state index < -0.39 is 102 Å². The van der Waals surface area contributed by atoms with Gasteiger partial charge in [-0.1, -0.05) is 81.4 Å². The minimum Gasteiger partial charge on any atom is -0.391 e. The molecule has 386 valence electrons. The average molecular weight is 977 g/mol. The third-order valence-electron chi connectivity index (χ3n) is 12.7. The highest BCUT2D eigenvalue weighted by Gasteiger charge is 2.39. The summed E-state index contributed by atoms with van der Waals surface area (Å²) in [6, 6.07) is 9.15. The summed E-state index contributed by atoms with van der Waals surface area (Å²) < 4.78 is 0. The molecule has 0 spiro atoms. The molecule has 2 fully saturated rings. The zero-order valence-electron chi connectivity index (χ0n) is 40.9. The number of nitrogens with two attached hydrogens (primary N) is 3. The fraction of sp³-hybridized carbons (Fsp3) is 0.592. The van der Waals surface area contributed by atoms with E-state index >= 15 is 0 Å². The van der Waals surface area contributed by atoms with Crippen molar-refractivity contribution in [3.8, 4) is 0 Å². The lowest BCUT2D eigenvalue weighted by Crippen LogP contribution is -2.61. The first-order valence-electron chi connectivity index (χ1n) is 24.5. The largest absolute Gasteiger partial charge is 0.391 e. The quantitative estimate of drug-likeness (QED) is 0.0899. The molecule has 2 saturated heterocycles. The van der Waals surface area contributed by atoms with Gasteiger partial charge in [0.2, 0.25) is 47.3 Å². The molecular weight excluding hydrogens is 901 g/mol. The molecule has 1 unspecified atom stereocenters. The van der Waals surface area contributed by atoms with E-state index in [0.717, 1.165) is 12.1 Å². The van der Waals surface area contributed by atoms with Gasteiger partial charge in [-0.15, -0.1) is 0 Å². The van der Waals surface area contributed by atoms with E-state index in [2.05, 4.69) is 47.4 Å². The smallest absolute Gasteiger partial charge is 0.245 e. The van der Waals surface area contributed by atoms with Crippen LogP contribution in [0.3, 0.4) is 0 Å². The van der Waals surface area contributed by atoms with Crippen molar-refractivity contribution >= 4 is 47.3 Å². The molecule has 4 rings (SSSR count). The van der Waals surface area contributed by atoms with E-state index in [4.69, 9.17) is 17.2 Å². The van der Waals surface area contributed by atoms with Crippen molar-refractivity contribution in [2.45, 2.75) is 127 Å². The highest BCUT2D eigenvalue weighted by Crippen LogP contribution is 2.33. The van der Waals surface area contributed by atoms with Crippen LogP contribution in [0.5, 0.6) is 0 Å². The number of nitrogens with one attached hydrogen (secondary N) is 8. The van der Waals surface area contributed by atoms with E-state index in [0.29, 0.717) is 25.1 Å². The van der Waals surface area contributed by atoms with Crippen LogP contribution in [0.1, 0.15) is 83.3 Å². The van der Waals surface area contributed by atoms with Gasteiger partial charge in [0.15, 0.2) is 0 Å². The van der Waals surface area contributed by atoms with Gasteiger partial charge in [-0.25, -0.2) is 0 Å². The van der Waals surface area contributed by atoms with Crippen LogP contribution in [-0.2, 0) is 44.8 Å². The predicted molar refractivity (Wildman–Crippen MR) is 263 cm³/mol. The number of hydrogen-bond acceptors (Lipinski definition) is 13. The summed E-state index contributed by atoms with van der Waals surface area (Å²) in [6.07, 6.45) is -1.13. The minimum absolute atomic E-state index is 0.0227. The fourth-order valence-electron chi connectivity index (χ4n) is 8.76. The lowest BCUT2D eigenvalue weighted by atomic mass is 9.79. The molecule has 10 atom stereocenters. The molecule has 70 heavy (non-hydrogen) atoms. The molecule has 0 radical (unpaired) electrons. The molecule has 0 bridgehead atoms. The highest BCUT2D eigenvalue weighted by atomic mass is 16.3. The summed E-state index contributed by atoms with van der Waals surface area (Å²) in [4.78, 5) is 115. The number of amides is 8. The molecule has 0 aliphatic carbocycles. The van der Waals surface area contributed by atoms with Gasteiger partial charge in [0.25, 0.3) is 0 Å². The molecule has 2 aliphatic rings. The summed E-state index contributed by atoms with van der Waals surface area (Å²) in [5.41, 5.74) is 19.3. The fourth-order valence-corrected chi connectivity index (χ4v) is 8.76. The molecule has 15 N–H and O–H groups in total. The molecule has 21 nitrogen and oxygen atoms in total. The van der Waals surface area contributed by atoms with Gasteiger partial charge in [0.1, 0.15) is 42.3 Å². The molecular formula is C49H76N12O9. The number of nitrogens with zero attached hydrogens (tertiary/aromatic N) is 1. The first-order valence-corrected chi connectivity index (χ1v) is 24.5. The van der Waals surface area contributed by atoms with Crippen LogP contribution in [0.2, 0.25) is 0 Å². The third kappa shape index (κ3) is 17.1. The Labute approximate surface area is 410 Å². The third-order valence-corrected chi connectivity index (χ3v) is 12.7. The van der Waals surface area contributed by atoms with E-state index in [-0.39, 0.29) is 76.5 Å². The zero-order valence-corrected chi connectivity index (χ0v) is 40.9. The van der Waals surface area contributed by atoms with E-state index in [9.17, 15) is 43.5 Å². The van der Waals surface area contributed by atoms with Crippen LogP contribution in [-0.4, -0.2) is 151 Å². The monoisotopic (exact) mass is 977 g/mol. The number of carbonyl (C=O) groups is 8. The molecule has 2 aromatic carbocycles. The summed E-state index contributed by atoms with van der Waals surface area (Å²) >= 11 is 0. The second kappa shape index (κ2) is 28.6. The van der Waals surface area contributed by atoms with Crippen LogP contribution in [0.25, 0.3) is 0 Å². The standard InChI is InChI=1S/C49H76N12O9/c1-5-61-25-20-33(32-14-10-7-11-15-32)34(28-61)42(63)54-38-19-24-53-49(70)41(30(4)62)60-46(67)37(18-23-52)56-43(64)35(16-21-50)57-47(68)39(26-29(2)3)58-48(69)40(27-31-12-8-6-9-13-31)59-44(65)36(17-22-51)55-45(38)66/h6-15,29-30,33-41,62H,5,16-28,50-52H2,1-4H3,(H,53,70)(H,54,63)(H,55,66)(H,56,64)(H,57,68)(H,58,69)(H,59,65)(H,60,67)/t30-,33+,34-,35+,36+,37+,38?,39+,40-,41+/m1/s1. The van der Waals surface area contributed by atoms with E-state index in [1.807, 2.05) is 51.1 Å². The Morgan fingerprint density at radius 3 is 1.67 bits per heavy atom. The van der Waals surface area contributed by atoms with E-state index in [1.54, 1.807) is 30.3 Å². The van der Waals surface area contributed by atoms with Crippen molar-refractivity contribution < 1.29 is 43.5 Å². The second-order valence-electron chi connectivity index (χ2n) is 18.5. The van der Waals surface area contributed by atoms with Crippen molar-refractivity contribution in [1.82, 2.24) is 47.4 Å². The Bertz CT molecular complexity index is 2050. The zero-order chi connectivity index (χ0) is 51.3. The summed E-state index contributed by atoms with van der Waals surface area (Å²) in [7, 11) is 0. The lowest BCUT2D eigenvalue weighted by Gasteiger charge is -2.38. The van der Waals surface area contributed by atoms with Crippen molar-refractivity contribution in [1.29, 1.82) is 0 Å². The van der Waals surface area contributed by atoms with Gasteiger partial charge in [0.05, 0.1) is 12.0 Å². The van der Waals surface area contributed by atoms with Gasteiger partial charge < -0.3 is 69.7 Å². The molecule has 2 aliphatic heterocycles. The minimum atomic E-state index is -1.55. The van der Waals surface area contributed by atoms with Crippen molar-refractivity contribution in [3.63, 3.8) is 0 Å². The maximum atomic E-state index is 14.5. The van der Waals surface area contributed by atoms with Gasteiger partial charge in [-0.05, 0) is 101 Å². The highest BCUT2D eigenvalue weighted by molar-refractivity contribution is 5.98. The Morgan fingerprint density at radius 1 is 0.657 bits per heavy atom. The van der Waals surface area contributed by atoms with Gasteiger partial charge >= 0.3 is 0 Å². The summed E-state index contributed by atoms with van der Waals surface area (Å²) in [5.74, 6) is -6.85. The number of aliphatic hydroxyl groups excluding tert-OH is 1. The molecule has 0 saturated carbocycles. The number of hydrogen-bond donors (Lipinski definition) is 12. The maximum Gasteiger partial charge on any atom is 0.245 e. The van der Waals surface area contributed by atoms with Crippen molar-refractivity contribution in [2.75, 3.05) is 45.8 Å². The van der Waals surface area contributed by atoms with Crippen molar-refractivity contribution in [3.05, 3.63) is 71.8 Å². The van der Waals surface area contributed by atoms with Crippen LogP contribution in [0, 0.1) is 11.8 Å². The molecule has 8 amide bonds. The Hall–Kier alpha value is -6.00. The van der Waals surface area contributed by atoms with Gasteiger partial charge in [-0.3, -0.25) is 38.4 Å². The Kier molecular flexibility index (Phi) is 23.1. The average Bonchev–Trinajstić information content (AvgIpc) is 3.33. The number of rotatable bonds is 15. The molecule has 21 heteroatoms. The number of piperidine rings is 1. The SMILES string of the molecule is CCN1CC[C@@H](c2ccccc2)[C@H](C(=O)NC2CCNC(=O)[C@H]([C@@H](C)O)NC(=O)[C@H](CCN)NC(=O)[C@H](CCN)NC(=O)[C@H](CC(C)C)NC(=O)[C@@H](Cc3ccccc3)NC(=O)[C@H](CCN)NC2=O)C1. The molecule has 2 aromatic rings. The number of carbonyl (C=O) groups excluding carboxylic acids is 8. The van der Waals surface area contributed by atoms with Crippen molar-refractivity contribution in [2.24, 2.45) is 29.0 Å². The summed E-state index contributed by atoms with van der Waals surface area (Å²) in [6.45, 7) is 8.36. The Balaban J connectivity index is 1.77. The number of aliphatic hydroxyl groups is 1. The lowest BCUT2D eigenvalue weighted by molar-refractivity contribution is -0.136. The number of benzene rings is 2. The van der Waals surface area contributed by atoms with Crippen LogP contribution in [0.15, 0.2) is 60.7 Å². The van der Waals surface area contributed by atoms with Crippen LogP contribution in [0.4, 0.5) is 0 Å². The Morgan fingerprint density at radius 2 is 1.14 bits per heavy atom. The normalized spacial score (nSPS) is 26.9. The van der Waals surface area contributed by atoms with Gasteiger partial charge in [-0.2, -0.15) is 0 Å². The van der Waals surface area contributed by atoms with Crippen LogP contribution >= 0.6 is 0 Å². The summed E-state index contributed by atoms with van der Waals surface area (Å²) in [5, 5.41) is 32.3. The first kappa shape index (κ1) is 56.6.